The van der Waals surface area contributed by atoms with Gasteiger partial charge in [0.2, 0.25) is 0 Å². The smallest absolute Gasteiger partial charge is 0.279 e. The summed E-state index contributed by atoms with van der Waals surface area (Å²) in [5.41, 5.74) is 0. The number of nitrogens with zero attached hydrogens (tertiary/aromatic N) is 1. The average Bonchev–Trinajstić information content (AvgIpc) is 2.13. The molecule has 0 bridgehead atoms. The topological polar surface area (TPSA) is 69.6 Å². The van der Waals surface area contributed by atoms with Crippen molar-refractivity contribution < 1.29 is 13.5 Å². The molecule has 0 saturated carbocycles. The Kier molecular flexibility index (Phi) is 6.26. The lowest BCUT2D eigenvalue weighted by Gasteiger charge is -2.19. The molecule has 0 aliphatic heterocycles. The molecule has 0 amide bonds. The molecular formula is C8H20N2O3S. The quantitative estimate of drug-likeness (QED) is 0.636. The summed E-state index contributed by atoms with van der Waals surface area (Å²) in [6.07, 6.45) is 1.79. The zero-order chi connectivity index (χ0) is 11.2. The Bertz CT molecular complexity index is 241. The van der Waals surface area contributed by atoms with Crippen molar-refractivity contribution in [2.24, 2.45) is 0 Å². The molecule has 5 nitrogen and oxygen atoms in total. The van der Waals surface area contributed by atoms with Gasteiger partial charge in [0.05, 0.1) is 6.61 Å². The Hall–Kier alpha value is -0.170. The third kappa shape index (κ3) is 4.90. The highest BCUT2D eigenvalue weighted by Gasteiger charge is 2.18. The second-order valence-electron chi connectivity index (χ2n) is 3.38. The number of hydrogen-bond donors (Lipinski definition) is 2. The first-order valence-electron chi connectivity index (χ1n) is 4.78. The van der Waals surface area contributed by atoms with E-state index in [0.29, 0.717) is 6.54 Å². The minimum Gasteiger partial charge on any atom is -0.395 e. The average molecular weight is 224 g/mol. The molecule has 0 saturated heterocycles. The lowest BCUT2D eigenvalue weighted by atomic mass is 10.3. The number of nitrogens with one attached hydrogen (secondary N) is 1. The van der Waals surface area contributed by atoms with Gasteiger partial charge in [0.1, 0.15) is 0 Å². The molecular weight excluding hydrogens is 204 g/mol. The lowest BCUT2D eigenvalue weighted by Crippen LogP contribution is -2.44. The SMILES string of the molecule is CCCCN(C)S(=O)(=O)N[C@H](C)CO. The van der Waals surface area contributed by atoms with Crippen LogP contribution in [0.15, 0.2) is 0 Å². The highest BCUT2D eigenvalue weighted by molar-refractivity contribution is 7.87. The highest BCUT2D eigenvalue weighted by Crippen LogP contribution is 1.99. The summed E-state index contributed by atoms with van der Waals surface area (Å²) in [7, 11) is -1.89. The third-order valence-electron chi connectivity index (χ3n) is 1.86. The largest absolute Gasteiger partial charge is 0.395 e. The molecule has 0 aliphatic carbocycles. The molecule has 0 aromatic carbocycles. The Morgan fingerprint density at radius 1 is 1.50 bits per heavy atom. The van der Waals surface area contributed by atoms with Crippen LogP contribution >= 0.6 is 0 Å². The summed E-state index contributed by atoms with van der Waals surface area (Å²) in [5, 5.41) is 8.71. The van der Waals surface area contributed by atoms with Crippen molar-refractivity contribution in [1.29, 1.82) is 0 Å². The van der Waals surface area contributed by atoms with Gasteiger partial charge in [0.25, 0.3) is 10.2 Å². The molecule has 0 rings (SSSR count). The monoisotopic (exact) mass is 224 g/mol. The number of rotatable bonds is 7. The van der Waals surface area contributed by atoms with Gasteiger partial charge in [-0.1, -0.05) is 13.3 Å². The van der Waals surface area contributed by atoms with E-state index >= 15 is 0 Å². The van der Waals surface area contributed by atoms with E-state index in [1.165, 1.54) is 11.4 Å². The van der Waals surface area contributed by atoms with Crippen molar-refractivity contribution in [2.45, 2.75) is 32.7 Å². The van der Waals surface area contributed by atoms with Crippen molar-refractivity contribution >= 4 is 10.2 Å². The maximum Gasteiger partial charge on any atom is 0.279 e. The minimum atomic E-state index is -3.42. The van der Waals surface area contributed by atoms with Crippen molar-refractivity contribution in [2.75, 3.05) is 20.2 Å². The van der Waals surface area contributed by atoms with Gasteiger partial charge in [0, 0.05) is 19.6 Å². The number of unbranched alkanes of at least 4 members (excludes halogenated alkanes) is 1. The molecule has 0 spiro atoms. The van der Waals surface area contributed by atoms with Crippen LogP contribution in [-0.2, 0) is 10.2 Å². The predicted molar refractivity (Wildman–Crippen MR) is 56.1 cm³/mol. The molecule has 0 heterocycles. The van der Waals surface area contributed by atoms with E-state index in [1.807, 2.05) is 6.92 Å². The molecule has 6 heteroatoms. The Morgan fingerprint density at radius 2 is 2.07 bits per heavy atom. The van der Waals surface area contributed by atoms with Crippen LogP contribution in [-0.4, -0.2) is 44.1 Å². The second-order valence-corrected chi connectivity index (χ2v) is 5.19. The molecule has 1 atom stereocenters. The maximum atomic E-state index is 11.5. The van der Waals surface area contributed by atoms with Crippen LogP contribution in [0.4, 0.5) is 0 Å². The summed E-state index contributed by atoms with van der Waals surface area (Å²) < 4.78 is 26.6. The number of aliphatic hydroxyl groups is 1. The van der Waals surface area contributed by atoms with Crippen LogP contribution in [0.3, 0.4) is 0 Å². The van der Waals surface area contributed by atoms with Gasteiger partial charge in [0.15, 0.2) is 0 Å². The van der Waals surface area contributed by atoms with E-state index in [4.69, 9.17) is 5.11 Å². The molecule has 0 aromatic rings. The Labute approximate surface area is 86.3 Å². The summed E-state index contributed by atoms with van der Waals surface area (Å²) in [4.78, 5) is 0. The first kappa shape index (κ1) is 13.8. The molecule has 0 aromatic heterocycles. The summed E-state index contributed by atoms with van der Waals surface area (Å²) >= 11 is 0. The fourth-order valence-electron chi connectivity index (χ4n) is 0.882. The molecule has 0 aliphatic rings. The summed E-state index contributed by atoms with van der Waals surface area (Å²) in [6.45, 7) is 3.93. The fourth-order valence-corrected chi connectivity index (χ4v) is 2.01. The number of hydrogen-bond acceptors (Lipinski definition) is 3. The standard InChI is InChI=1S/C8H20N2O3S/c1-4-5-6-10(3)14(12,13)9-8(2)7-11/h8-9,11H,4-7H2,1-3H3/t8-/m1/s1. The van der Waals surface area contributed by atoms with Gasteiger partial charge in [-0.15, -0.1) is 0 Å². The van der Waals surface area contributed by atoms with Crippen LogP contribution in [0, 0.1) is 0 Å². The van der Waals surface area contributed by atoms with E-state index in [-0.39, 0.29) is 6.61 Å². The second kappa shape index (κ2) is 6.34. The molecule has 86 valence electrons. The van der Waals surface area contributed by atoms with Crippen molar-refractivity contribution in [1.82, 2.24) is 9.03 Å². The predicted octanol–water partition coefficient (Wildman–Crippen LogP) is -0.0665. The van der Waals surface area contributed by atoms with Gasteiger partial charge < -0.3 is 5.11 Å². The van der Waals surface area contributed by atoms with Crippen LogP contribution in [0.2, 0.25) is 0 Å². The van der Waals surface area contributed by atoms with Gasteiger partial charge in [-0.3, -0.25) is 0 Å². The Morgan fingerprint density at radius 3 is 2.50 bits per heavy atom. The van der Waals surface area contributed by atoms with E-state index < -0.39 is 16.3 Å². The zero-order valence-corrected chi connectivity index (χ0v) is 9.84. The van der Waals surface area contributed by atoms with Gasteiger partial charge >= 0.3 is 0 Å². The first-order valence-corrected chi connectivity index (χ1v) is 6.22. The summed E-state index contributed by atoms with van der Waals surface area (Å²) in [5.74, 6) is 0. The van der Waals surface area contributed by atoms with Crippen LogP contribution in [0.5, 0.6) is 0 Å². The van der Waals surface area contributed by atoms with E-state index in [9.17, 15) is 8.42 Å². The third-order valence-corrected chi connectivity index (χ3v) is 3.56. The summed E-state index contributed by atoms with van der Waals surface area (Å²) in [6, 6.07) is -0.441. The van der Waals surface area contributed by atoms with Gasteiger partial charge in [-0.05, 0) is 13.3 Å². The van der Waals surface area contributed by atoms with Crippen molar-refractivity contribution in [3.63, 3.8) is 0 Å². The molecule has 14 heavy (non-hydrogen) atoms. The van der Waals surface area contributed by atoms with E-state index in [2.05, 4.69) is 4.72 Å². The molecule has 2 N–H and O–H groups in total. The highest BCUT2D eigenvalue weighted by atomic mass is 32.2. The van der Waals surface area contributed by atoms with E-state index in [1.54, 1.807) is 6.92 Å². The maximum absolute atomic E-state index is 11.5. The zero-order valence-electron chi connectivity index (χ0n) is 9.02. The minimum absolute atomic E-state index is 0.194. The number of aliphatic hydroxyl groups excluding tert-OH is 1. The molecule has 0 unspecified atom stereocenters. The normalized spacial score (nSPS) is 14.6. The van der Waals surface area contributed by atoms with Crippen LogP contribution in [0.1, 0.15) is 26.7 Å². The van der Waals surface area contributed by atoms with Gasteiger partial charge in [-0.2, -0.15) is 17.4 Å². The van der Waals surface area contributed by atoms with Crippen LogP contribution in [0.25, 0.3) is 0 Å². The molecule has 0 fully saturated rings. The molecule has 0 radical (unpaired) electrons. The fraction of sp³-hybridized carbons (Fsp3) is 1.00. The van der Waals surface area contributed by atoms with Crippen molar-refractivity contribution in [3.8, 4) is 0 Å². The lowest BCUT2D eigenvalue weighted by molar-refractivity contribution is 0.263. The van der Waals surface area contributed by atoms with Gasteiger partial charge in [-0.25, -0.2) is 0 Å². The van der Waals surface area contributed by atoms with Crippen LogP contribution < -0.4 is 4.72 Å². The Balaban J connectivity index is 4.17. The van der Waals surface area contributed by atoms with Crippen molar-refractivity contribution in [3.05, 3.63) is 0 Å². The first-order chi connectivity index (χ1) is 6.44. The van der Waals surface area contributed by atoms with E-state index in [0.717, 1.165) is 12.8 Å².